The highest BCUT2D eigenvalue weighted by molar-refractivity contribution is 7.09. The predicted octanol–water partition coefficient (Wildman–Crippen LogP) is 3.48. The van der Waals surface area contributed by atoms with Crippen LogP contribution in [-0.2, 0) is 5.60 Å². The number of nitrogens with zero attached hydrogens (tertiary/aromatic N) is 2. The second kappa shape index (κ2) is 5.32. The molecule has 0 aliphatic rings. The SMILES string of the molecule is OC(c1ccc(Cl)cc1)(c1cccnc1)c1cncs1. The summed E-state index contributed by atoms with van der Waals surface area (Å²) in [6.45, 7) is 0. The normalized spacial score (nSPS) is 13.9. The van der Waals surface area contributed by atoms with Crippen molar-refractivity contribution in [2.24, 2.45) is 0 Å². The van der Waals surface area contributed by atoms with Crippen molar-refractivity contribution in [3.05, 3.63) is 81.5 Å². The molecule has 0 bridgehead atoms. The maximum Gasteiger partial charge on any atom is 0.152 e. The lowest BCUT2D eigenvalue weighted by Gasteiger charge is -2.27. The van der Waals surface area contributed by atoms with E-state index >= 15 is 0 Å². The molecule has 20 heavy (non-hydrogen) atoms. The van der Waals surface area contributed by atoms with Gasteiger partial charge in [-0.2, -0.15) is 0 Å². The number of aromatic nitrogens is 2. The van der Waals surface area contributed by atoms with Crippen LogP contribution in [-0.4, -0.2) is 15.1 Å². The van der Waals surface area contributed by atoms with Crippen LogP contribution in [0.5, 0.6) is 0 Å². The van der Waals surface area contributed by atoms with Crippen LogP contribution in [0.1, 0.15) is 16.0 Å². The molecule has 1 N–H and O–H groups in total. The Morgan fingerprint density at radius 3 is 2.40 bits per heavy atom. The molecule has 0 radical (unpaired) electrons. The molecule has 0 aliphatic carbocycles. The standard InChI is InChI=1S/C15H11ClN2OS/c16-13-5-3-11(4-6-13)15(19,14-9-18-10-20-14)12-2-1-7-17-8-12/h1-10,19H. The summed E-state index contributed by atoms with van der Waals surface area (Å²) in [5.74, 6) is 0. The van der Waals surface area contributed by atoms with Crippen molar-refractivity contribution in [2.75, 3.05) is 0 Å². The molecule has 100 valence electrons. The predicted molar refractivity (Wildman–Crippen MR) is 79.9 cm³/mol. The fraction of sp³-hybridized carbons (Fsp3) is 0.0667. The van der Waals surface area contributed by atoms with Gasteiger partial charge < -0.3 is 5.11 Å². The molecule has 1 unspecified atom stereocenters. The van der Waals surface area contributed by atoms with E-state index in [0.717, 1.165) is 10.4 Å². The van der Waals surface area contributed by atoms with Crippen LogP contribution in [0.3, 0.4) is 0 Å². The largest absolute Gasteiger partial charge is 0.375 e. The lowest BCUT2D eigenvalue weighted by atomic mass is 9.86. The number of benzene rings is 1. The molecule has 2 aromatic heterocycles. The second-order valence-electron chi connectivity index (χ2n) is 4.32. The first-order valence-corrected chi connectivity index (χ1v) is 7.25. The fourth-order valence-corrected chi connectivity index (χ4v) is 3.00. The summed E-state index contributed by atoms with van der Waals surface area (Å²) in [4.78, 5) is 8.91. The number of rotatable bonds is 3. The minimum Gasteiger partial charge on any atom is -0.375 e. The van der Waals surface area contributed by atoms with Crippen molar-refractivity contribution >= 4 is 22.9 Å². The number of thiazole rings is 1. The molecule has 3 aromatic rings. The lowest BCUT2D eigenvalue weighted by Crippen LogP contribution is -2.27. The Morgan fingerprint density at radius 1 is 1.00 bits per heavy atom. The Balaban J connectivity index is 2.21. The minimum atomic E-state index is -1.26. The van der Waals surface area contributed by atoms with Crippen molar-refractivity contribution in [2.45, 2.75) is 5.60 Å². The molecule has 3 nitrogen and oxygen atoms in total. The van der Waals surface area contributed by atoms with E-state index < -0.39 is 5.60 Å². The smallest absolute Gasteiger partial charge is 0.152 e. The number of halogens is 1. The minimum absolute atomic E-state index is 0.631. The first-order chi connectivity index (χ1) is 9.71. The Bertz CT molecular complexity index is 686. The van der Waals surface area contributed by atoms with Crippen molar-refractivity contribution in [3.63, 3.8) is 0 Å². The molecular weight excluding hydrogens is 292 g/mol. The summed E-state index contributed by atoms with van der Waals surface area (Å²) in [6, 6.07) is 10.8. The van der Waals surface area contributed by atoms with Crippen LogP contribution in [0.15, 0.2) is 60.5 Å². The van der Waals surface area contributed by atoms with Crippen molar-refractivity contribution in [1.82, 2.24) is 9.97 Å². The van der Waals surface area contributed by atoms with Gasteiger partial charge in [-0.05, 0) is 23.8 Å². The molecule has 0 saturated heterocycles. The van der Waals surface area contributed by atoms with Gasteiger partial charge >= 0.3 is 0 Å². The van der Waals surface area contributed by atoms with Crippen molar-refractivity contribution in [1.29, 1.82) is 0 Å². The Kier molecular flexibility index (Phi) is 3.53. The summed E-state index contributed by atoms with van der Waals surface area (Å²) in [5, 5.41) is 11.9. The zero-order valence-electron chi connectivity index (χ0n) is 10.4. The van der Waals surface area contributed by atoms with Crippen LogP contribution >= 0.6 is 22.9 Å². The van der Waals surface area contributed by atoms with Crippen LogP contribution in [0, 0.1) is 0 Å². The van der Waals surface area contributed by atoms with Gasteiger partial charge in [0.05, 0.1) is 10.4 Å². The zero-order valence-corrected chi connectivity index (χ0v) is 12.0. The van der Waals surface area contributed by atoms with Gasteiger partial charge in [0, 0.05) is 29.2 Å². The Morgan fingerprint density at radius 2 is 1.80 bits per heavy atom. The third kappa shape index (κ3) is 2.22. The molecule has 5 heteroatoms. The average molecular weight is 303 g/mol. The van der Waals surface area contributed by atoms with Crippen LogP contribution in [0.4, 0.5) is 0 Å². The summed E-state index contributed by atoms with van der Waals surface area (Å²) in [5.41, 5.74) is 1.87. The molecule has 0 saturated carbocycles. The molecule has 2 heterocycles. The third-order valence-electron chi connectivity index (χ3n) is 3.13. The lowest BCUT2D eigenvalue weighted by molar-refractivity contribution is 0.129. The number of hydrogen-bond donors (Lipinski definition) is 1. The number of hydrogen-bond acceptors (Lipinski definition) is 4. The molecular formula is C15H11ClN2OS. The van der Waals surface area contributed by atoms with E-state index in [9.17, 15) is 5.11 Å². The van der Waals surface area contributed by atoms with E-state index in [2.05, 4.69) is 9.97 Å². The highest BCUT2D eigenvalue weighted by Gasteiger charge is 2.35. The monoisotopic (exact) mass is 302 g/mol. The van der Waals surface area contributed by atoms with Gasteiger partial charge in [0.2, 0.25) is 0 Å². The Hall–Kier alpha value is -1.75. The molecule has 0 fully saturated rings. The van der Waals surface area contributed by atoms with Gasteiger partial charge in [0.25, 0.3) is 0 Å². The van der Waals surface area contributed by atoms with E-state index in [-0.39, 0.29) is 0 Å². The van der Waals surface area contributed by atoms with E-state index in [1.54, 1.807) is 42.3 Å². The topological polar surface area (TPSA) is 46.0 Å². The van der Waals surface area contributed by atoms with Gasteiger partial charge in [0.15, 0.2) is 5.60 Å². The van der Waals surface area contributed by atoms with Gasteiger partial charge in [-0.1, -0.05) is 29.8 Å². The zero-order chi connectivity index (χ0) is 14.0. The maximum atomic E-state index is 11.3. The van der Waals surface area contributed by atoms with E-state index in [0.29, 0.717) is 10.6 Å². The van der Waals surface area contributed by atoms with E-state index in [1.807, 2.05) is 18.2 Å². The second-order valence-corrected chi connectivity index (χ2v) is 5.65. The van der Waals surface area contributed by atoms with E-state index in [4.69, 9.17) is 11.6 Å². The number of pyridine rings is 1. The summed E-state index contributed by atoms with van der Waals surface area (Å²) < 4.78 is 0. The summed E-state index contributed by atoms with van der Waals surface area (Å²) in [7, 11) is 0. The first-order valence-electron chi connectivity index (χ1n) is 5.99. The van der Waals surface area contributed by atoms with Crippen molar-refractivity contribution in [3.8, 4) is 0 Å². The van der Waals surface area contributed by atoms with Crippen LogP contribution in [0.25, 0.3) is 0 Å². The van der Waals surface area contributed by atoms with Crippen molar-refractivity contribution < 1.29 is 5.11 Å². The third-order valence-corrected chi connectivity index (χ3v) is 4.26. The maximum absolute atomic E-state index is 11.3. The van der Waals surface area contributed by atoms with Gasteiger partial charge in [-0.15, -0.1) is 11.3 Å². The summed E-state index contributed by atoms with van der Waals surface area (Å²) >= 11 is 7.33. The molecule has 0 spiro atoms. The highest BCUT2D eigenvalue weighted by Crippen LogP contribution is 2.38. The first kappa shape index (κ1) is 13.2. The quantitative estimate of drug-likeness (QED) is 0.806. The molecule has 3 rings (SSSR count). The molecule has 1 aromatic carbocycles. The summed E-state index contributed by atoms with van der Waals surface area (Å²) in [6.07, 6.45) is 5.01. The Labute approximate surface area is 125 Å². The van der Waals surface area contributed by atoms with Gasteiger partial charge in [0.1, 0.15) is 0 Å². The van der Waals surface area contributed by atoms with Crippen LogP contribution < -0.4 is 0 Å². The fourth-order valence-electron chi connectivity index (χ4n) is 2.11. The van der Waals surface area contributed by atoms with E-state index in [1.165, 1.54) is 11.3 Å². The average Bonchev–Trinajstić information content (AvgIpc) is 3.03. The number of aliphatic hydroxyl groups is 1. The van der Waals surface area contributed by atoms with Gasteiger partial charge in [-0.25, -0.2) is 0 Å². The molecule has 0 aliphatic heterocycles. The van der Waals surface area contributed by atoms with Gasteiger partial charge in [-0.3, -0.25) is 9.97 Å². The highest BCUT2D eigenvalue weighted by atomic mass is 35.5. The van der Waals surface area contributed by atoms with Crippen LogP contribution in [0.2, 0.25) is 5.02 Å². The molecule has 1 atom stereocenters. The molecule has 0 amide bonds.